The van der Waals surface area contributed by atoms with Crippen LogP contribution in [-0.4, -0.2) is 11.6 Å². The molecule has 0 spiro atoms. The minimum Gasteiger partial charge on any atom is -0.483 e. The highest BCUT2D eigenvalue weighted by Gasteiger charge is 1.97. The predicted octanol–water partition coefficient (Wildman–Crippen LogP) is 3.70. The third-order valence-corrected chi connectivity index (χ3v) is 3.13. The van der Waals surface area contributed by atoms with Crippen molar-refractivity contribution in [3.8, 4) is 0 Å². The van der Waals surface area contributed by atoms with Crippen LogP contribution in [0.25, 0.3) is 0 Å². The highest BCUT2D eigenvalue weighted by molar-refractivity contribution is 9.10. The van der Waals surface area contributed by atoms with Crippen LogP contribution in [0.3, 0.4) is 0 Å². The second-order valence-corrected chi connectivity index (χ2v) is 4.03. The molecule has 0 saturated heterocycles. The summed E-state index contributed by atoms with van der Waals surface area (Å²) in [6, 6.07) is 6.09. The average Bonchev–Trinajstić information content (AvgIpc) is 2.10. The molecule has 0 bridgehead atoms. The van der Waals surface area contributed by atoms with Crippen molar-refractivity contribution in [1.29, 1.82) is 0 Å². The molecule has 1 aromatic rings. The van der Waals surface area contributed by atoms with Gasteiger partial charge in [0.2, 0.25) is 0 Å². The third-order valence-electron chi connectivity index (χ3n) is 1.17. The zero-order chi connectivity index (χ0) is 10.3. The lowest BCUT2D eigenvalue weighted by Gasteiger charge is -1.98. The van der Waals surface area contributed by atoms with Crippen molar-refractivity contribution in [3.63, 3.8) is 0 Å². The van der Waals surface area contributed by atoms with Crippen LogP contribution < -0.4 is 0 Å². The van der Waals surface area contributed by atoms with Crippen LogP contribution in [0.15, 0.2) is 27.6 Å². The van der Waals surface area contributed by atoms with Gasteiger partial charge in [0.1, 0.15) is 0 Å². The fourth-order valence-corrected chi connectivity index (χ4v) is 2.19. The molecule has 1 N–H and O–H groups in total. The van der Waals surface area contributed by atoms with Crippen LogP contribution in [0.4, 0.5) is 0 Å². The first-order valence-electron chi connectivity index (χ1n) is 3.28. The summed E-state index contributed by atoms with van der Waals surface area (Å²) in [6.45, 7) is 1.79. The Kier molecular flexibility index (Phi) is 7.13. The molecule has 0 aromatic heterocycles. The molecule has 0 aliphatic heterocycles. The van der Waals surface area contributed by atoms with Gasteiger partial charge in [-0.05, 0) is 62.2 Å². The van der Waals surface area contributed by atoms with Gasteiger partial charge in [-0.1, -0.05) is 6.07 Å². The molecule has 0 atom stereocenters. The minimum atomic E-state index is -0.250. The van der Waals surface area contributed by atoms with Gasteiger partial charge >= 0.3 is 0 Å². The summed E-state index contributed by atoms with van der Waals surface area (Å²) in [4.78, 5) is 9.43. The van der Waals surface area contributed by atoms with Crippen LogP contribution in [0.2, 0.25) is 0 Å². The Labute approximate surface area is 93.9 Å². The summed E-state index contributed by atoms with van der Waals surface area (Å²) in [5.41, 5.74) is 1.23. The molecular weight excluding hydrogens is 276 g/mol. The SMILES string of the molecule is Cc1ccc(Br)c(SCl)c1.O=CO. The first kappa shape index (κ1) is 12.8. The molecule has 13 heavy (non-hydrogen) atoms. The number of carbonyl (C=O) groups is 1. The van der Waals surface area contributed by atoms with E-state index < -0.39 is 0 Å². The molecule has 0 amide bonds. The molecule has 0 aliphatic carbocycles. The molecular formula is C8H8BrClO2S. The minimum absolute atomic E-state index is 0.250. The maximum Gasteiger partial charge on any atom is 0.290 e. The van der Waals surface area contributed by atoms with Crippen LogP contribution >= 0.6 is 37.6 Å². The zero-order valence-electron chi connectivity index (χ0n) is 6.83. The first-order valence-corrected chi connectivity index (χ1v) is 5.72. The summed E-state index contributed by atoms with van der Waals surface area (Å²) in [5, 5.41) is 6.89. The van der Waals surface area contributed by atoms with Gasteiger partial charge in [0, 0.05) is 9.37 Å². The van der Waals surface area contributed by atoms with Crippen molar-refractivity contribution < 1.29 is 9.90 Å². The standard InChI is InChI=1S/C7H6BrClS.CH2O2/c1-5-2-3-6(8)7(4-5)10-9;2-1-3/h2-4H,1H3;1H,(H,2,3). The summed E-state index contributed by atoms with van der Waals surface area (Å²) in [6.07, 6.45) is 0. The van der Waals surface area contributed by atoms with E-state index in [4.69, 9.17) is 20.6 Å². The maximum absolute atomic E-state index is 8.36. The lowest BCUT2D eigenvalue weighted by atomic mass is 10.2. The molecule has 0 saturated carbocycles. The average molecular weight is 284 g/mol. The van der Waals surface area contributed by atoms with E-state index in [1.165, 1.54) is 16.5 Å². The number of aryl methyl sites for hydroxylation is 1. The number of benzene rings is 1. The van der Waals surface area contributed by atoms with E-state index in [0.29, 0.717) is 0 Å². The van der Waals surface area contributed by atoms with Gasteiger partial charge in [0.15, 0.2) is 0 Å². The molecule has 0 radical (unpaired) electrons. The monoisotopic (exact) mass is 282 g/mol. The van der Waals surface area contributed by atoms with Gasteiger partial charge in [0.05, 0.1) is 0 Å². The molecule has 0 heterocycles. The number of halogens is 2. The number of hydrogen-bond acceptors (Lipinski definition) is 2. The number of carboxylic acid groups (broad SMARTS) is 1. The van der Waals surface area contributed by atoms with Gasteiger partial charge in [-0.15, -0.1) is 0 Å². The van der Waals surface area contributed by atoms with Crippen molar-refractivity contribution >= 4 is 44.1 Å². The van der Waals surface area contributed by atoms with Crippen molar-refractivity contribution in [2.45, 2.75) is 11.8 Å². The Bertz CT molecular complexity index is 281. The van der Waals surface area contributed by atoms with E-state index in [-0.39, 0.29) is 6.47 Å². The van der Waals surface area contributed by atoms with E-state index >= 15 is 0 Å². The Balaban J connectivity index is 0.000000424. The molecule has 0 aliphatic rings. The second-order valence-electron chi connectivity index (χ2n) is 2.12. The van der Waals surface area contributed by atoms with Crippen LogP contribution in [0, 0.1) is 6.92 Å². The fourth-order valence-electron chi connectivity index (χ4n) is 0.670. The van der Waals surface area contributed by atoms with Crippen LogP contribution in [-0.2, 0) is 4.79 Å². The molecule has 0 unspecified atom stereocenters. The smallest absolute Gasteiger partial charge is 0.290 e. The molecule has 72 valence electrons. The third kappa shape index (κ3) is 5.18. The molecule has 2 nitrogen and oxygen atoms in total. The highest BCUT2D eigenvalue weighted by atomic mass is 79.9. The summed E-state index contributed by atoms with van der Waals surface area (Å²) in [7, 11) is 6.83. The van der Waals surface area contributed by atoms with Crippen molar-refractivity contribution in [3.05, 3.63) is 28.2 Å². The van der Waals surface area contributed by atoms with Crippen molar-refractivity contribution in [2.24, 2.45) is 0 Å². The zero-order valence-corrected chi connectivity index (χ0v) is 9.99. The normalized spacial score (nSPS) is 8.54. The second kappa shape index (κ2) is 7.24. The Morgan fingerprint density at radius 1 is 1.62 bits per heavy atom. The van der Waals surface area contributed by atoms with Crippen molar-refractivity contribution in [2.75, 3.05) is 0 Å². The molecule has 5 heteroatoms. The molecule has 1 aromatic carbocycles. The number of hydrogen-bond donors (Lipinski definition) is 1. The Morgan fingerprint density at radius 3 is 2.54 bits per heavy atom. The first-order chi connectivity index (χ1) is 6.15. The lowest BCUT2D eigenvalue weighted by molar-refractivity contribution is -0.122. The summed E-state index contributed by atoms with van der Waals surface area (Å²) >= 11 is 3.39. The fraction of sp³-hybridized carbons (Fsp3) is 0.125. The van der Waals surface area contributed by atoms with E-state index in [0.717, 1.165) is 9.37 Å². The van der Waals surface area contributed by atoms with E-state index in [9.17, 15) is 0 Å². The maximum atomic E-state index is 8.36. The lowest BCUT2D eigenvalue weighted by Crippen LogP contribution is -1.74. The Hall–Kier alpha value is -0.190. The van der Waals surface area contributed by atoms with E-state index in [1.807, 2.05) is 25.1 Å². The summed E-state index contributed by atoms with van der Waals surface area (Å²) in [5.74, 6) is 0. The predicted molar refractivity (Wildman–Crippen MR) is 59.3 cm³/mol. The van der Waals surface area contributed by atoms with Gasteiger partial charge < -0.3 is 5.11 Å². The van der Waals surface area contributed by atoms with Crippen molar-refractivity contribution in [1.82, 2.24) is 0 Å². The van der Waals surface area contributed by atoms with Gasteiger partial charge in [-0.2, -0.15) is 0 Å². The quantitative estimate of drug-likeness (QED) is 0.799. The molecule has 1 rings (SSSR count). The van der Waals surface area contributed by atoms with Gasteiger partial charge in [-0.3, -0.25) is 4.79 Å². The highest BCUT2D eigenvalue weighted by Crippen LogP contribution is 2.30. The molecule has 0 fully saturated rings. The van der Waals surface area contributed by atoms with E-state index in [2.05, 4.69) is 15.9 Å². The Morgan fingerprint density at radius 2 is 2.15 bits per heavy atom. The van der Waals surface area contributed by atoms with Crippen LogP contribution in [0.1, 0.15) is 5.56 Å². The summed E-state index contributed by atoms with van der Waals surface area (Å²) < 4.78 is 1.05. The topological polar surface area (TPSA) is 37.3 Å². The van der Waals surface area contributed by atoms with Crippen LogP contribution in [0.5, 0.6) is 0 Å². The van der Waals surface area contributed by atoms with Gasteiger partial charge in [-0.25, -0.2) is 0 Å². The largest absolute Gasteiger partial charge is 0.483 e. The van der Waals surface area contributed by atoms with E-state index in [1.54, 1.807) is 0 Å². The van der Waals surface area contributed by atoms with Gasteiger partial charge in [0.25, 0.3) is 6.47 Å². The number of rotatable bonds is 1.